The second-order valence-electron chi connectivity index (χ2n) is 10.0. The number of methoxy groups -OCH3 is 1. The molecule has 0 aliphatic carbocycles. The lowest BCUT2D eigenvalue weighted by atomic mass is 9.98. The van der Waals surface area contributed by atoms with E-state index in [0.717, 1.165) is 67.7 Å². The lowest BCUT2D eigenvalue weighted by Gasteiger charge is -2.34. The first-order valence-corrected chi connectivity index (χ1v) is 13.0. The van der Waals surface area contributed by atoms with Gasteiger partial charge in [0.2, 0.25) is 5.91 Å². The molecular weight excluding hydrogens is 483 g/mol. The van der Waals surface area contributed by atoms with E-state index in [4.69, 9.17) is 9.47 Å². The number of rotatable bonds is 7. The Morgan fingerprint density at radius 3 is 2.63 bits per heavy atom. The van der Waals surface area contributed by atoms with E-state index in [2.05, 4.69) is 15.9 Å². The van der Waals surface area contributed by atoms with Gasteiger partial charge in [0.25, 0.3) is 0 Å². The molecule has 3 aromatic rings. The summed E-state index contributed by atoms with van der Waals surface area (Å²) in [7, 11) is 3.33. The van der Waals surface area contributed by atoms with Crippen LogP contribution in [0.15, 0.2) is 54.6 Å². The normalized spacial score (nSPS) is 19.3. The van der Waals surface area contributed by atoms with Gasteiger partial charge >= 0.3 is 0 Å². The summed E-state index contributed by atoms with van der Waals surface area (Å²) in [4.78, 5) is 20.5. The highest BCUT2D eigenvalue weighted by Gasteiger charge is 2.37. The van der Waals surface area contributed by atoms with E-state index in [1.54, 1.807) is 31.2 Å². The Balaban J connectivity index is 1.45. The number of likely N-dealkylation sites (N-methyl/N-ethyl adjacent to an activating group) is 1. The molecule has 0 aromatic heterocycles. The Morgan fingerprint density at radius 2 is 1.92 bits per heavy atom. The van der Waals surface area contributed by atoms with Crippen LogP contribution in [0, 0.1) is 17.1 Å². The Bertz CT molecular complexity index is 1330. The number of amides is 1. The summed E-state index contributed by atoms with van der Waals surface area (Å²) in [6, 6.07) is 17.9. The number of fused-ring (bicyclic) bond motifs is 1. The van der Waals surface area contributed by atoms with E-state index < -0.39 is 6.04 Å². The summed E-state index contributed by atoms with van der Waals surface area (Å²) in [5.41, 5.74) is 2.00. The first-order chi connectivity index (χ1) is 18.5. The quantitative estimate of drug-likeness (QED) is 0.474. The third-order valence-corrected chi connectivity index (χ3v) is 7.74. The van der Waals surface area contributed by atoms with Gasteiger partial charge in [-0.05, 0) is 41.0 Å². The van der Waals surface area contributed by atoms with Crippen LogP contribution in [0.3, 0.4) is 0 Å². The van der Waals surface area contributed by atoms with Crippen molar-refractivity contribution in [3.63, 3.8) is 0 Å². The van der Waals surface area contributed by atoms with Crippen molar-refractivity contribution in [2.45, 2.75) is 25.0 Å². The lowest BCUT2D eigenvalue weighted by Crippen LogP contribution is -2.46. The summed E-state index contributed by atoms with van der Waals surface area (Å²) >= 11 is 0. The number of hydrogen-bond donors (Lipinski definition) is 0. The molecule has 7 nitrogen and oxygen atoms in total. The van der Waals surface area contributed by atoms with Crippen LogP contribution in [0.1, 0.15) is 29.2 Å². The van der Waals surface area contributed by atoms with Crippen LogP contribution in [0.2, 0.25) is 0 Å². The molecule has 2 saturated heterocycles. The molecule has 2 aliphatic heterocycles. The number of nitrogens with zero attached hydrogens (tertiary/aromatic N) is 4. The predicted molar refractivity (Wildman–Crippen MR) is 143 cm³/mol. The standard InChI is InChI=1S/C30H33FN4O3/c1-33(20-27-26-6-4-3-5-22(26)17-23(18-32)29(27)37-2)30(36)28(21-7-9-24(31)10-8-21)35-12-11-25(19-35)34-13-15-38-16-14-34/h3-10,17,25,28H,11-16,19-20H2,1-2H3. The van der Waals surface area contributed by atoms with Crippen LogP contribution >= 0.6 is 0 Å². The number of ether oxygens (including phenoxy) is 2. The molecule has 38 heavy (non-hydrogen) atoms. The molecular formula is C30H33FN4O3. The number of hydrogen-bond acceptors (Lipinski definition) is 6. The zero-order valence-electron chi connectivity index (χ0n) is 21.9. The Kier molecular flexibility index (Phi) is 7.89. The molecule has 0 spiro atoms. The van der Waals surface area contributed by atoms with Crippen LogP contribution in [0.25, 0.3) is 10.8 Å². The Hall–Kier alpha value is -3.51. The minimum Gasteiger partial charge on any atom is -0.495 e. The van der Waals surface area contributed by atoms with E-state index in [-0.39, 0.29) is 18.3 Å². The highest BCUT2D eigenvalue weighted by atomic mass is 19.1. The van der Waals surface area contributed by atoms with Crippen molar-refractivity contribution < 1.29 is 18.7 Å². The number of nitriles is 1. The van der Waals surface area contributed by atoms with Gasteiger partial charge in [0, 0.05) is 51.4 Å². The van der Waals surface area contributed by atoms with Gasteiger partial charge in [-0.3, -0.25) is 14.6 Å². The highest BCUT2D eigenvalue weighted by Crippen LogP contribution is 2.34. The number of carbonyl (C=O) groups excluding carboxylic acids is 1. The lowest BCUT2D eigenvalue weighted by molar-refractivity contribution is -0.136. The molecule has 1 amide bonds. The second kappa shape index (κ2) is 11.5. The fraction of sp³-hybridized carbons (Fsp3) is 0.400. The average molecular weight is 517 g/mol. The smallest absolute Gasteiger partial charge is 0.244 e. The van der Waals surface area contributed by atoms with Crippen molar-refractivity contribution in [1.29, 1.82) is 5.26 Å². The summed E-state index contributed by atoms with van der Waals surface area (Å²) in [5.74, 6) is 0.0795. The van der Waals surface area contributed by atoms with E-state index in [1.807, 2.05) is 30.3 Å². The molecule has 2 fully saturated rings. The van der Waals surface area contributed by atoms with Crippen molar-refractivity contribution >= 4 is 16.7 Å². The SMILES string of the molecule is COc1c(C#N)cc2ccccc2c1CN(C)C(=O)C(c1ccc(F)cc1)N1CCC(N2CCOCC2)C1. The topological polar surface area (TPSA) is 69.0 Å². The minimum atomic E-state index is -0.539. The van der Waals surface area contributed by atoms with Crippen molar-refractivity contribution in [3.8, 4) is 11.8 Å². The molecule has 2 aliphatic rings. The fourth-order valence-electron chi connectivity index (χ4n) is 5.80. The summed E-state index contributed by atoms with van der Waals surface area (Å²) in [6.45, 7) is 5.08. The fourth-order valence-corrected chi connectivity index (χ4v) is 5.80. The maximum atomic E-state index is 14.1. The van der Waals surface area contributed by atoms with Crippen LogP contribution in [0.5, 0.6) is 5.75 Å². The molecule has 3 aromatic carbocycles. The van der Waals surface area contributed by atoms with Gasteiger partial charge in [0.1, 0.15) is 23.7 Å². The second-order valence-corrected chi connectivity index (χ2v) is 10.0. The molecule has 2 unspecified atom stereocenters. The van der Waals surface area contributed by atoms with Crippen molar-refractivity contribution in [1.82, 2.24) is 14.7 Å². The predicted octanol–water partition coefficient (Wildman–Crippen LogP) is 3.97. The summed E-state index contributed by atoms with van der Waals surface area (Å²) in [6.07, 6.45) is 0.970. The Morgan fingerprint density at radius 1 is 1.18 bits per heavy atom. The molecule has 5 rings (SSSR count). The van der Waals surface area contributed by atoms with Gasteiger partial charge in [0.15, 0.2) is 0 Å². The average Bonchev–Trinajstić information content (AvgIpc) is 3.44. The van der Waals surface area contributed by atoms with Crippen LogP contribution in [-0.4, -0.2) is 80.2 Å². The van der Waals surface area contributed by atoms with E-state index >= 15 is 0 Å². The molecule has 8 heteroatoms. The minimum absolute atomic E-state index is 0.0762. The third-order valence-electron chi connectivity index (χ3n) is 7.74. The first-order valence-electron chi connectivity index (χ1n) is 13.0. The molecule has 0 N–H and O–H groups in total. The third kappa shape index (κ3) is 5.23. The van der Waals surface area contributed by atoms with Crippen molar-refractivity contribution in [2.75, 3.05) is 53.6 Å². The number of morpholine rings is 1. The molecule has 2 heterocycles. The largest absolute Gasteiger partial charge is 0.495 e. The van der Waals surface area contributed by atoms with Gasteiger partial charge in [-0.1, -0.05) is 36.4 Å². The number of likely N-dealkylation sites (tertiary alicyclic amines) is 1. The van der Waals surface area contributed by atoms with Crippen molar-refractivity contribution in [3.05, 3.63) is 77.1 Å². The number of carbonyl (C=O) groups is 1. The number of benzene rings is 3. The summed E-state index contributed by atoms with van der Waals surface area (Å²) in [5, 5.41) is 11.6. The zero-order chi connectivity index (χ0) is 26.6. The van der Waals surface area contributed by atoms with Gasteiger partial charge in [-0.2, -0.15) is 5.26 Å². The molecule has 0 radical (unpaired) electrons. The first kappa shape index (κ1) is 26.1. The van der Waals surface area contributed by atoms with Gasteiger partial charge in [-0.25, -0.2) is 4.39 Å². The van der Waals surface area contributed by atoms with E-state index in [9.17, 15) is 14.4 Å². The van der Waals surface area contributed by atoms with Crippen LogP contribution < -0.4 is 4.74 Å². The summed E-state index contributed by atoms with van der Waals surface area (Å²) < 4.78 is 25.0. The maximum absolute atomic E-state index is 14.1. The van der Waals surface area contributed by atoms with E-state index in [1.165, 1.54) is 12.1 Å². The monoisotopic (exact) mass is 516 g/mol. The van der Waals surface area contributed by atoms with E-state index in [0.29, 0.717) is 17.4 Å². The van der Waals surface area contributed by atoms with Gasteiger partial charge in [0.05, 0.1) is 25.9 Å². The Labute approximate surface area is 222 Å². The molecule has 0 saturated carbocycles. The molecule has 198 valence electrons. The van der Waals surface area contributed by atoms with Crippen LogP contribution in [0.4, 0.5) is 4.39 Å². The zero-order valence-corrected chi connectivity index (χ0v) is 21.9. The van der Waals surface area contributed by atoms with Crippen molar-refractivity contribution in [2.24, 2.45) is 0 Å². The molecule has 0 bridgehead atoms. The number of halogens is 1. The highest BCUT2D eigenvalue weighted by molar-refractivity contribution is 5.91. The molecule has 2 atom stereocenters. The maximum Gasteiger partial charge on any atom is 0.244 e. The van der Waals surface area contributed by atoms with Gasteiger partial charge < -0.3 is 14.4 Å². The van der Waals surface area contributed by atoms with Crippen LogP contribution in [-0.2, 0) is 16.1 Å². The van der Waals surface area contributed by atoms with Gasteiger partial charge in [-0.15, -0.1) is 0 Å².